The van der Waals surface area contributed by atoms with E-state index in [1.54, 1.807) is 23.1 Å². The normalized spacial score (nSPS) is 11.9. The Balaban J connectivity index is 1.40. The topological polar surface area (TPSA) is 59.8 Å². The molecule has 1 atom stereocenters. The standard InChI is InChI=1S/C24H24N4OS2/c1-18(20-11-6-3-7-12-20)25-22(29)14-16-31-24-27-26-23(21-13-8-15-30-21)28(24)17-19-9-4-2-5-10-19/h2-13,15,18H,14,16-17H2,1H3,(H,25,29)/t18-/m1/s1. The number of amides is 1. The van der Waals surface area contributed by atoms with Crippen molar-refractivity contribution < 1.29 is 4.79 Å². The molecule has 5 nitrogen and oxygen atoms in total. The van der Waals surface area contributed by atoms with Crippen molar-refractivity contribution >= 4 is 29.0 Å². The summed E-state index contributed by atoms with van der Waals surface area (Å²) < 4.78 is 2.14. The predicted octanol–water partition coefficient (Wildman–Crippen LogP) is 5.41. The van der Waals surface area contributed by atoms with Gasteiger partial charge in [0.25, 0.3) is 0 Å². The lowest BCUT2D eigenvalue weighted by atomic mass is 10.1. The summed E-state index contributed by atoms with van der Waals surface area (Å²) in [5, 5.41) is 14.8. The summed E-state index contributed by atoms with van der Waals surface area (Å²) in [6.07, 6.45) is 0.425. The van der Waals surface area contributed by atoms with Crippen LogP contribution in [0.4, 0.5) is 0 Å². The molecule has 0 radical (unpaired) electrons. The van der Waals surface area contributed by atoms with Crippen molar-refractivity contribution in [2.24, 2.45) is 0 Å². The minimum absolute atomic E-state index is 0.00846. The molecule has 0 aliphatic heterocycles. The van der Waals surface area contributed by atoms with Gasteiger partial charge in [-0.2, -0.15) is 0 Å². The number of thioether (sulfide) groups is 1. The molecule has 4 rings (SSSR count). The van der Waals surface area contributed by atoms with E-state index in [1.807, 2.05) is 66.9 Å². The van der Waals surface area contributed by atoms with Crippen molar-refractivity contribution in [1.29, 1.82) is 0 Å². The number of nitrogens with one attached hydrogen (secondary N) is 1. The van der Waals surface area contributed by atoms with E-state index in [9.17, 15) is 4.79 Å². The molecule has 0 fully saturated rings. The number of thiophene rings is 1. The van der Waals surface area contributed by atoms with Crippen LogP contribution in [0.2, 0.25) is 0 Å². The van der Waals surface area contributed by atoms with Gasteiger partial charge in [-0.15, -0.1) is 21.5 Å². The molecule has 2 heterocycles. The van der Waals surface area contributed by atoms with Crippen LogP contribution >= 0.6 is 23.1 Å². The molecule has 158 valence electrons. The molecule has 0 unspecified atom stereocenters. The van der Waals surface area contributed by atoms with Crippen LogP contribution in [0, 0.1) is 0 Å². The van der Waals surface area contributed by atoms with E-state index in [0.717, 1.165) is 21.4 Å². The number of carbonyl (C=O) groups is 1. The Kier molecular flexibility index (Phi) is 7.17. The first-order valence-corrected chi connectivity index (χ1v) is 12.1. The quantitative estimate of drug-likeness (QED) is 0.348. The van der Waals surface area contributed by atoms with Gasteiger partial charge in [0.05, 0.1) is 17.5 Å². The summed E-state index contributed by atoms with van der Waals surface area (Å²) in [5.74, 6) is 1.55. The summed E-state index contributed by atoms with van der Waals surface area (Å²) in [7, 11) is 0. The fraction of sp³-hybridized carbons (Fsp3) is 0.208. The maximum absolute atomic E-state index is 12.4. The Hall–Kier alpha value is -2.90. The van der Waals surface area contributed by atoms with Gasteiger partial charge in [0.1, 0.15) is 0 Å². The summed E-state index contributed by atoms with van der Waals surface area (Å²) >= 11 is 3.22. The molecule has 1 amide bonds. The zero-order valence-corrected chi connectivity index (χ0v) is 18.9. The molecule has 31 heavy (non-hydrogen) atoms. The summed E-state index contributed by atoms with van der Waals surface area (Å²) in [6, 6.07) is 24.4. The third kappa shape index (κ3) is 5.62. The highest BCUT2D eigenvalue weighted by Crippen LogP contribution is 2.28. The van der Waals surface area contributed by atoms with E-state index >= 15 is 0 Å². The van der Waals surface area contributed by atoms with E-state index in [4.69, 9.17) is 0 Å². The molecule has 0 spiro atoms. The molecule has 7 heteroatoms. The van der Waals surface area contributed by atoms with Crippen molar-refractivity contribution in [3.63, 3.8) is 0 Å². The SMILES string of the molecule is C[C@@H](NC(=O)CCSc1nnc(-c2cccs2)n1Cc1ccccc1)c1ccccc1. The largest absolute Gasteiger partial charge is 0.350 e. The smallest absolute Gasteiger partial charge is 0.221 e. The zero-order chi connectivity index (χ0) is 21.5. The average molecular weight is 449 g/mol. The summed E-state index contributed by atoms with van der Waals surface area (Å²) in [6.45, 7) is 2.70. The van der Waals surface area contributed by atoms with Gasteiger partial charge < -0.3 is 5.32 Å². The second kappa shape index (κ2) is 10.4. The van der Waals surface area contributed by atoms with Crippen molar-refractivity contribution in [2.45, 2.75) is 31.1 Å². The van der Waals surface area contributed by atoms with Crippen LogP contribution in [0.1, 0.15) is 30.5 Å². The second-order valence-corrected chi connectivity index (χ2v) is 9.16. The maximum Gasteiger partial charge on any atom is 0.221 e. The average Bonchev–Trinajstić information content (AvgIpc) is 3.45. The van der Waals surface area contributed by atoms with Crippen LogP contribution < -0.4 is 5.32 Å². The van der Waals surface area contributed by atoms with E-state index in [1.165, 1.54) is 5.56 Å². The van der Waals surface area contributed by atoms with Crippen LogP contribution in [-0.2, 0) is 11.3 Å². The Morgan fingerprint density at radius 1 is 1.03 bits per heavy atom. The Morgan fingerprint density at radius 2 is 1.77 bits per heavy atom. The van der Waals surface area contributed by atoms with E-state index in [0.29, 0.717) is 18.7 Å². The molecule has 2 aromatic heterocycles. The fourth-order valence-corrected chi connectivity index (χ4v) is 4.86. The van der Waals surface area contributed by atoms with Crippen molar-refractivity contribution in [1.82, 2.24) is 20.1 Å². The Labute approximate surface area is 190 Å². The molecule has 0 aliphatic carbocycles. The van der Waals surface area contributed by atoms with Crippen LogP contribution in [0.15, 0.2) is 83.3 Å². The van der Waals surface area contributed by atoms with Gasteiger partial charge in [0.15, 0.2) is 11.0 Å². The second-order valence-electron chi connectivity index (χ2n) is 7.15. The van der Waals surface area contributed by atoms with E-state index in [-0.39, 0.29) is 11.9 Å². The van der Waals surface area contributed by atoms with Gasteiger partial charge in [-0.3, -0.25) is 9.36 Å². The third-order valence-electron chi connectivity index (χ3n) is 4.88. The maximum atomic E-state index is 12.4. The van der Waals surface area contributed by atoms with Crippen LogP contribution in [0.25, 0.3) is 10.7 Å². The lowest BCUT2D eigenvalue weighted by molar-refractivity contribution is -0.121. The highest BCUT2D eigenvalue weighted by Gasteiger charge is 2.16. The first-order valence-electron chi connectivity index (χ1n) is 10.2. The minimum atomic E-state index is -0.00846. The highest BCUT2D eigenvalue weighted by atomic mass is 32.2. The number of nitrogens with zero attached hydrogens (tertiary/aromatic N) is 3. The molecular formula is C24H24N4OS2. The summed E-state index contributed by atoms with van der Waals surface area (Å²) in [4.78, 5) is 13.5. The van der Waals surface area contributed by atoms with Crippen molar-refractivity contribution in [3.8, 4) is 10.7 Å². The van der Waals surface area contributed by atoms with E-state index < -0.39 is 0 Å². The van der Waals surface area contributed by atoms with Gasteiger partial charge in [0, 0.05) is 12.2 Å². The van der Waals surface area contributed by atoms with Gasteiger partial charge >= 0.3 is 0 Å². The van der Waals surface area contributed by atoms with Gasteiger partial charge in [-0.25, -0.2) is 0 Å². The minimum Gasteiger partial charge on any atom is -0.350 e. The van der Waals surface area contributed by atoms with Crippen LogP contribution in [0.3, 0.4) is 0 Å². The lowest BCUT2D eigenvalue weighted by Crippen LogP contribution is -2.26. The van der Waals surface area contributed by atoms with Gasteiger partial charge in [0.2, 0.25) is 5.91 Å². The molecule has 2 aromatic carbocycles. The number of benzene rings is 2. The van der Waals surface area contributed by atoms with Gasteiger partial charge in [-0.05, 0) is 29.5 Å². The lowest BCUT2D eigenvalue weighted by Gasteiger charge is -2.14. The molecule has 1 N–H and O–H groups in total. The Bertz CT molecular complexity index is 1100. The first kappa shape index (κ1) is 21.3. The molecule has 0 aliphatic rings. The Morgan fingerprint density at radius 3 is 2.48 bits per heavy atom. The van der Waals surface area contributed by atoms with Crippen molar-refractivity contribution in [3.05, 3.63) is 89.3 Å². The number of hydrogen-bond acceptors (Lipinski definition) is 5. The highest BCUT2D eigenvalue weighted by molar-refractivity contribution is 7.99. The van der Waals surface area contributed by atoms with Crippen molar-refractivity contribution in [2.75, 3.05) is 5.75 Å². The monoisotopic (exact) mass is 448 g/mol. The number of carbonyl (C=O) groups excluding carboxylic acids is 1. The number of hydrogen-bond donors (Lipinski definition) is 1. The van der Waals surface area contributed by atoms with Gasteiger partial charge in [-0.1, -0.05) is 78.5 Å². The van der Waals surface area contributed by atoms with Crippen LogP contribution in [0.5, 0.6) is 0 Å². The predicted molar refractivity (Wildman–Crippen MR) is 127 cm³/mol. The number of aromatic nitrogens is 3. The molecule has 0 saturated carbocycles. The fourth-order valence-electron chi connectivity index (χ4n) is 3.27. The number of rotatable bonds is 9. The molecule has 0 saturated heterocycles. The molecule has 0 bridgehead atoms. The third-order valence-corrected chi connectivity index (χ3v) is 6.71. The molecule has 4 aromatic rings. The molecular weight excluding hydrogens is 424 g/mol. The van der Waals surface area contributed by atoms with E-state index in [2.05, 4.69) is 38.3 Å². The zero-order valence-electron chi connectivity index (χ0n) is 17.3. The van der Waals surface area contributed by atoms with Crippen LogP contribution in [-0.4, -0.2) is 26.4 Å². The summed E-state index contributed by atoms with van der Waals surface area (Å²) in [5.41, 5.74) is 2.29. The first-order chi connectivity index (χ1) is 15.2.